The molecule has 16 heavy (non-hydrogen) atoms. The maximum atomic E-state index is 11.3. The lowest BCUT2D eigenvalue weighted by molar-refractivity contribution is 0.0925. The predicted octanol–water partition coefficient (Wildman–Crippen LogP) is 0.854. The molecule has 0 bridgehead atoms. The second-order valence-electron chi connectivity index (χ2n) is 3.45. The average molecular weight is 243 g/mol. The van der Waals surface area contributed by atoms with Gasteiger partial charge >= 0.3 is 5.91 Å². The van der Waals surface area contributed by atoms with Gasteiger partial charge in [0.1, 0.15) is 0 Å². The second-order valence-corrected chi connectivity index (χ2v) is 4.87. The van der Waals surface area contributed by atoms with E-state index < -0.39 is 5.91 Å². The van der Waals surface area contributed by atoms with Crippen molar-refractivity contribution in [1.29, 1.82) is 0 Å². The summed E-state index contributed by atoms with van der Waals surface area (Å²) in [6.07, 6.45) is 2.45. The van der Waals surface area contributed by atoms with Gasteiger partial charge in [0.05, 0.1) is 6.26 Å². The van der Waals surface area contributed by atoms with Crippen molar-refractivity contribution in [3.63, 3.8) is 0 Å². The van der Waals surface area contributed by atoms with E-state index in [9.17, 15) is 4.79 Å². The molecule has 1 atom stereocenters. The molecular formula is C10H17N3O2S. The quantitative estimate of drug-likeness (QED) is 0.391. The fraction of sp³-hybridized carbons (Fsp3) is 0.500. The zero-order chi connectivity index (χ0) is 12.0. The summed E-state index contributed by atoms with van der Waals surface area (Å²) in [7, 11) is 0. The summed E-state index contributed by atoms with van der Waals surface area (Å²) in [5.41, 5.74) is 8.38. The number of hydrazine groups is 1. The van der Waals surface area contributed by atoms with Crippen LogP contribution in [0.2, 0.25) is 0 Å². The van der Waals surface area contributed by atoms with Gasteiger partial charge < -0.3 is 10.2 Å². The normalized spacial score (nSPS) is 12.4. The SMILES string of the molecule is CC(CCN)SCc1ccoc1C(=O)NN. The van der Waals surface area contributed by atoms with Crippen molar-refractivity contribution in [3.05, 3.63) is 23.7 Å². The van der Waals surface area contributed by atoms with Crippen LogP contribution in [0.5, 0.6) is 0 Å². The number of carbonyl (C=O) groups excluding carboxylic acids is 1. The topological polar surface area (TPSA) is 94.3 Å². The molecule has 1 heterocycles. The fourth-order valence-corrected chi connectivity index (χ4v) is 2.26. The van der Waals surface area contributed by atoms with Crippen LogP contribution >= 0.6 is 11.8 Å². The van der Waals surface area contributed by atoms with Gasteiger partial charge in [-0.1, -0.05) is 6.92 Å². The molecule has 90 valence electrons. The molecule has 5 nitrogen and oxygen atoms in total. The number of nitrogens with two attached hydrogens (primary N) is 2. The molecule has 0 radical (unpaired) electrons. The van der Waals surface area contributed by atoms with Crippen molar-refractivity contribution < 1.29 is 9.21 Å². The van der Waals surface area contributed by atoms with Gasteiger partial charge in [-0.2, -0.15) is 11.8 Å². The third-order valence-electron chi connectivity index (χ3n) is 2.18. The highest BCUT2D eigenvalue weighted by molar-refractivity contribution is 7.99. The molecule has 1 rings (SSSR count). The summed E-state index contributed by atoms with van der Waals surface area (Å²) in [5, 5.41) is 0.466. The third kappa shape index (κ3) is 3.55. The van der Waals surface area contributed by atoms with Gasteiger partial charge in [0.15, 0.2) is 5.76 Å². The molecule has 6 heteroatoms. The fourth-order valence-electron chi connectivity index (χ4n) is 1.26. The molecule has 1 aromatic heterocycles. The lowest BCUT2D eigenvalue weighted by Crippen LogP contribution is -2.30. The van der Waals surface area contributed by atoms with Crippen LogP contribution in [0.4, 0.5) is 0 Å². The maximum Gasteiger partial charge on any atom is 0.301 e. The Bertz CT molecular complexity index is 341. The van der Waals surface area contributed by atoms with Crippen molar-refractivity contribution in [1.82, 2.24) is 5.43 Å². The second kappa shape index (κ2) is 6.57. The average Bonchev–Trinajstić information content (AvgIpc) is 2.74. The highest BCUT2D eigenvalue weighted by atomic mass is 32.2. The zero-order valence-electron chi connectivity index (χ0n) is 9.23. The summed E-state index contributed by atoms with van der Waals surface area (Å²) in [6.45, 7) is 2.79. The van der Waals surface area contributed by atoms with Gasteiger partial charge in [0, 0.05) is 16.6 Å². The molecule has 0 aliphatic heterocycles. The number of rotatable bonds is 6. The van der Waals surface area contributed by atoms with Crippen LogP contribution in [-0.2, 0) is 5.75 Å². The van der Waals surface area contributed by atoms with E-state index in [0.29, 0.717) is 11.8 Å². The molecule has 0 fully saturated rings. The Morgan fingerprint density at radius 1 is 1.69 bits per heavy atom. The number of hydrogen-bond acceptors (Lipinski definition) is 5. The van der Waals surface area contributed by atoms with E-state index in [0.717, 1.165) is 17.7 Å². The van der Waals surface area contributed by atoms with Crippen LogP contribution in [0.3, 0.4) is 0 Å². The molecule has 1 aromatic rings. The summed E-state index contributed by atoms with van der Waals surface area (Å²) in [6, 6.07) is 1.78. The molecule has 5 N–H and O–H groups in total. The first-order valence-electron chi connectivity index (χ1n) is 5.08. The van der Waals surface area contributed by atoms with Crippen LogP contribution in [0.1, 0.15) is 29.5 Å². The van der Waals surface area contributed by atoms with Crippen LogP contribution in [0.15, 0.2) is 16.7 Å². The molecular weight excluding hydrogens is 226 g/mol. The first kappa shape index (κ1) is 13.1. The van der Waals surface area contributed by atoms with Gasteiger partial charge in [-0.25, -0.2) is 5.84 Å². The number of nitrogen functional groups attached to an aromatic ring is 1. The molecule has 1 amide bonds. The lowest BCUT2D eigenvalue weighted by atomic mass is 10.3. The van der Waals surface area contributed by atoms with Crippen LogP contribution in [0.25, 0.3) is 0 Å². The Morgan fingerprint density at radius 2 is 2.44 bits per heavy atom. The zero-order valence-corrected chi connectivity index (χ0v) is 10.0. The van der Waals surface area contributed by atoms with E-state index in [1.165, 1.54) is 6.26 Å². The molecule has 0 saturated carbocycles. The predicted molar refractivity (Wildman–Crippen MR) is 64.8 cm³/mol. The van der Waals surface area contributed by atoms with Crippen LogP contribution in [0, 0.1) is 0 Å². The maximum absolute atomic E-state index is 11.3. The van der Waals surface area contributed by atoms with E-state index >= 15 is 0 Å². The van der Waals surface area contributed by atoms with Crippen molar-refractivity contribution in [3.8, 4) is 0 Å². The van der Waals surface area contributed by atoms with Crippen molar-refractivity contribution in [2.24, 2.45) is 11.6 Å². The largest absolute Gasteiger partial charge is 0.459 e. The van der Waals surface area contributed by atoms with Gasteiger partial charge in [0.25, 0.3) is 0 Å². The monoisotopic (exact) mass is 243 g/mol. The standard InChI is InChI=1S/C10H17N3O2S/c1-7(2-4-11)16-6-8-3-5-15-9(8)10(14)13-12/h3,5,7H,2,4,6,11-12H2,1H3,(H,13,14). The van der Waals surface area contributed by atoms with Gasteiger partial charge in [-0.3, -0.25) is 10.2 Å². The third-order valence-corrected chi connectivity index (χ3v) is 3.46. The molecule has 1 unspecified atom stereocenters. The summed E-state index contributed by atoms with van der Waals surface area (Å²) in [5.74, 6) is 5.67. The molecule has 0 aliphatic rings. The minimum absolute atomic E-state index is 0.287. The van der Waals surface area contributed by atoms with E-state index in [4.69, 9.17) is 16.0 Å². The van der Waals surface area contributed by atoms with E-state index in [-0.39, 0.29) is 5.76 Å². The minimum atomic E-state index is -0.396. The number of carbonyl (C=O) groups is 1. The van der Waals surface area contributed by atoms with Crippen molar-refractivity contribution >= 4 is 17.7 Å². The van der Waals surface area contributed by atoms with Gasteiger partial charge in [-0.15, -0.1) is 0 Å². The number of thioether (sulfide) groups is 1. The van der Waals surface area contributed by atoms with Crippen LogP contribution in [-0.4, -0.2) is 17.7 Å². The van der Waals surface area contributed by atoms with Gasteiger partial charge in [-0.05, 0) is 19.0 Å². The number of nitrogens with one attached hydrogen (secondary N) is 1. The first-order valence-corrected chi connectivity index (χ1v) is 6.13. The van der Waals surface area contributed by atoms with Crippen LogP contribution < -0.4 is 17.0 Å². The minimum Gasteiger partial charge on any atom is -0.459 e. The Morgan fingerprint density at radius 3 is 3.06 bits per heavy atom. The lowest BCUT2D eigenvalue weighted by Gasteiger charge is -2.08. The number of amides is 1. The van der Waals surface area contributed by atoms with Gasteiger partial charge in [0.2, 0.25) is 0 Å². The first-order chi connectivity index (χ1) is 7.69. The Hall–Kier alpha value is -0.980. The number of furan rings is 1. The van der Waals surface area contributed by atoms with Crippen molar-refractivity contribution in [2.45, 2.75) is 24.3 Å². The smallest absolute Gasteiger partial charge is 0.301 e. The Kier molecular flexibility index (Phi) is 5.37. The summed E-state index contributed by atoms with van der Waals surface area (Å²) >= 11 is 1.74. The highest BCUT2D eigenvalue weighted by Gasteiger charge is 2.14. The highest BCUT2D eigenvalue weighted by Crippen LogP contribution is 2.22. The van der Waals surface area contributed by atoms with Crippen molar-refractivity contribution in [2.75, 3.05) is 6.54 Å². The van der Waals surface area contributed by atoms with E-state index in [2.05, 4.69) is 12.3 Å². The van der Waals surface area contributed by atoms with E-state index in [1.54, 1.807) is 17.8 Å². The number of hydrogen-bond donors (Lipinski definition) is 3. The summed E-state index contributed by atoms with van der Waals surface area (Å²) in [4.78, 5) is 11.3. The molecule has 0 saturated heterocycles. The molecule has 0 spiro atoms. The molecule has 0 aliphatic carbocycles. The molecule has 0 aromatic carbocycles. The summed E-state index contributed by atoms with van der Waals surface area (Å²) < 4.78 is 5.08. The Labute approximate surface area is 98.9 Å². The van der Waals surface area contributed by atoms with E-state index in [1.807, 2.05) is 0 Å². The Balaban J connectivity index is 2.54.